The van der Waals surface area contributed by atoms with Crippen LogP contribution in [0.1, 0.15) is 44.2 Å². The summed E-state index contributed by atoms with van der Waals surface area (Å²) in [5.74, 6) is 0.602. The summed E-state index contributed by atoms with van der Waals surface area (Å²) in [7, 11) is 3.46. The van der Waals surface area contributed by atoms with Crippen LogP contribution in [-0.2, 0) is 4.79 Å². The molecule has 1 amide bonds. The van der Waals surface area contributed by atoms with Crippen LogP contribution in [0, 0.1) is 0 Å². The molecule has 1 aromatic rings. The molecular formula is C18H27Cl2IN4O. The van der Waals surface area contributed by atoms with Crippen LogP contribution in [-0.4, -0.2) is 43.4 Å². The first-order valence-corrected chi connectivity index (χ1v) is 9.35. The van der Waals surface area contributed by atoms with Crippen molar-refractivity contribution < 1.29 is 4.79 Å². The number of rotatable bonds is 5. The Bertz CT molecular complexity index is 634. The standard InChI is InChI=1S/C18H26Cl2N4O.HI/c1-12(15-9-8-13(19)10-16(15)20)22-18(21-11-17(25)24(2)3)23-14-6-4-5-7-14;/h8-10,12,14H,4-7,11H2,1-3H3,(H2,21,22,23);1H. The zero-order chi connectivity index (χ0) is 18.4. The van der Waals surface area contributed by atoms with Gasteiger partial charge in [-0.25, -0.2) is 4.99 Å². The lowest BCUT2D eigenvalue weighted by Crippen LogP contribution is -2.44. The average Bonchev–Trinajstić information content (AvgIpc) is 3.04. The van der Waals surface area contributed by atoms with Crippen molar-refractivity contribution in [2.75, 3.05) is 20.6 Å². The molecule has 2 rings (SSSR count). The lowest BCUT2D eigenvalue weighted by Gasteiger charge is -2.22. The zero-order valence-electron chi connectivity index (χ0n) is 15.4. The molecule has 146 valence electrons. The quantitative estimate of drug-likeness (QED) is 0.352. The zero-order valence-corrected chi connectivity index (χ0v) is 19.2. The molecule has 1 saturated carbocycles. The summed E-state index contributed by atoms with van der Waals surface area (Å²) in [6.45, 7) is 2.12. The molecule has 1 atom stereocenters. The number of likely N-dealkylation sites (N-methyl/N-ethyl adjacent to an activating group) is 1. The summed E-state index contributed by atoms with van der Waals surface area (Å²) < 4.78 is 0. The molecule has 0 saturated heterocycles. The average molecular weight is 513 g/mol. The highest BCUT2D eigenvalue weighted by Crippen LogP contribution is 2.26. The van der Waals surface area contributed by atoms with Crippen molar-refractivity contribution in [3.63, 3.8) is 0 Å². The maximum Gasteiger partial charge on any atom is 0.243 e. The van der Waals surface area contributed by atoms with Crippen LogP contribution in [0.25, 0.3) is 0 Å². The number of hydrogen-bond acceptors (Lipinski definition) is 2. The van der Waals surface area contributed by atoms with Crippen LogP contribution in [0.4, 0.5) is 0 Å². The van der Waals surface area contributed by atoms with E-state index in [1.54, 1.807) is 20.2 Å². The van der Waals surface area contributed by atoms with Gasteiger partial charge in [-0.2, -0.15) is 0 Å². The number of aliphatic imine (C=N–C) groups is 1. The molecule has 0 spiro atoms. The van der Waals surface area contributed by atoms with E-state index in [1.807, 2.05) is 19.1 Å². The Morgan fingerprint density at radius 1 is 1.31 bits per heavy atom. The number of amides is 1. The van der Waals surface area contributed by atoms with Gasteiger partial charge in [-0.05, 0) is 37.5 Å². The van der Waals surface area contributed by atoms with Crippen molar-refractivity contribution in [2.45, 2.75) is 44.7 Å². The molecule has 2 N–H and O–H groups in total. The van der Waals surface area contributed by atoms with Gasteiger partial charge in [0.05, 0.1) is 6.04 Å². The van der Waals surface area contributed by atoms with Crippen molar-refractivity contribution in [1.82, 2.24) is 15.5 Å². The van der Waals surface area contributed by atoms with Crippen LogP contribution >= 0.6 is 47.2 Å². The Hall–Kier alpha value is -0.730. The van der Waals surface area contributed by atoms with E-state index < -0.39 is 0 Å². The number of benzene rings is 1. The van der Waals surface area contributed by atoms with Crippen LogP contribution in [0.15, 0.2) is 23.2 Å². The van der Waals surface area contributed by atoms with Crippen molar-refractivity contribution in [3.05, 3.63) is 33.8 Å². The smallest absolute Gasteiger partial charge is 0.243 e. The molecule has 0 aliphatic heterocycles. The van der Waals surface area contributed by atoms with E-state index in [1.165, 1.54) is 17.7 Å². The second-order valence-electron chi connectivity index (χ2n) is 6.61. The van der Waals surface area contributed by atoms with E-state index in [9.17, 15) is 4.79 Å². The number of halogens is 3. The van der Waals surface area contributed by atoms with Gasteiger partial charge in [0, 0.05) is 30.2 Å². The fourth-order valence-corrected chi connectivity index (χ4v) is 3.39. The number of guanidine groups is 1. The Morgan fingerprint density at radius 3 is 2.54 bits per heavy atom. The number of carbonyl (C=O) groups excluding carboxylic acids is 1. The molecule has 8 heteroatoms. The predicted molar refractivity (Wildman–Crippen MR) is 120 cm³/mol. The molecule has 0 aromatic heterocycles. The normalized spacial score (nSPS) is 16.0. The van der Waals surface area contributed by atoms with Crippen LogP contribution in [0.5, 0.6) is 0 Å². The monoisotopic (exact) mass is 512 g/mol. The van der Waals surface area contributed by atoms with Gasteiger partial charge in [0.15, 0.2) is 5.96 Å². The Balaban J connectivity index is 0.00000338. The summed E-state index contributed by atoms with van der Waals surface area (Å²) in [5.41, 5.74) is 0.936. The first-order valence-electron chi connectivity index (χ1n) is 8.59. The lowest BCUT2D eigenvalue weighted by molar-refractivity contribution is -0.127. The van der Waals surface area contributed by atoms with Crippen LogP contribution in [0.2, 0.25) is 10.0 Å². The highest BCUT2D eigenvalue weighted by Gasteiger charge is 2.18. The highest BCUT2D eigenvalue weighted by molar-refractivity contribution is 14.0. The minimum absolute atomic E-state index is 0. The lowest BCUT2D eigenvalue weighted by atomic mass is 10.1. The maximum absolute atomic E-state index is 11.9. The highest BCUT2D eigenvalue weighted by atomic mass is 127. The van der Waals surface area contributed by atoms with E-state index in [4.69, 9.17) is 23.2 Å². The molecule has 1 fully saturated rings. The summed E-state index contributed by atoms with van der Waals surface area (Å²) in [6, 6.07) is 5.78. The topological polar surface area (TPSA) is 56.7 Å². The number of nitrogens with one attached hydrogen (secondary N) is 2. The molecule has 0 heterocycles. The second-order valence-corrected chi connectivity index (χ2v) is 7.45. The molecule has 1 aromatic carbocycles. The summed E-state index contributed by atoms with van der Waals surface area (Å²) in [6.07, 6.45) is 4.69. The Kier molecular flexibility index (Phi) is 10.0. The fraction of sp³-hybridized carbons (Fsp3) is 0.556. The number of carbonyl (C=O) groups is 1. The summed E-state index contributed by atoms with van der Waals surface area (Å²) in [5, 5.41) is 8.01. The molecule has 5 nitrogen and oxygen atoms in total. The van der Waals surface area contributed by atoms with Gasteiger partial charge in [0.2, 0.25) is 5.91 Å². The van der Waals surface area contributed by atoms with E-state index in [0.717, 1.165) is 18.4 Å². The molecule has 26 heavy (non-hydrogen) atoms. The minimum atomic E-state index is -0.0631. The van der Waals surface area contributed by atoms with Crippen molar-refractivity contribution >= 4 is 59.0 Å². The first kappa shape index (κ1) is 23.3. The van der Waals surface area contributed by atoms with E-state index >= 15 is 0 Å². The van der Waals surface area contributed by atoms with Gasteiger partial charge < -0.3 is 15.5 Å². The van der Waals surface area contributed by atoms with E-state index in [2.05, 4.69) is 15.6 Å². The van der Waals surface area contributed by atoms with E-state index in [0.29, 0.717) is 22.0 Å². The molecule has 1 aliphatic rings. The third-order valence-electron chi connectivity index (χ3n) is 4.35. The number of nitrogens with zero attached hydrogens (tertiary/aromatic N) is 2. The van der Waals surface area contributed by atoms with Crippen molar-refractivity contribution in [2.24, 2.45) is 4.99 Å². The van der Waals surface area contributed by atoms with Gasteiger partial charge in [-0.15, -0.1) is 24.0 Å². The Labute approximate surface area is 182 Å². The van der Waals surface area contributed by atoms with Gasteiger partial charge in [-0.1, -0.05) is 42.1 Å². The van der Waals surface area contributed by atoms with Gasteiger partial charge in [-0.3, -0.25) is 4.79 Å². The van der Waals surface area contributed by atoms with Gasteiger partial charge >= 0.3 is 0 Å². The first-order chi connectivity index (χ1) is 11.9. The van der Waals surface area contributed by atoms with Crippen molar-refractivity contribution in [3.8, 4) is 0 Å². The predicted octanol–water partition coefficient (Wildman–Crippen LogP) is 4.24. The fourth-order valence-electron chi connectivity index (χ4n) is 2.82. The van der Waals surface area contributed by atoms with Gasteiger partial charge in [0.1, 0.15) is 6.54 Å². The van der Waals surface area contributed by atoms with E-state index in [-0.39, 0.29) is 42.5 Å². The summed E-state index contributed by atoms with van der Waals surface area (Å²) in [4.78, 5) is 17.9. The van der Waals surface area contributed by atoms with Crippen LogP contribution in [0.3, 0.4) is 0 Å². The van der Waals surface area contributed by atoms with Crippen molar-refractivity contribution in [1.29, 1.82) is 0 Å². The third-order valence-corrected chi connectivity index (χ3v) is 4.91. The second kappa shape index (κ2) is 11.2. The molecule has 0 bridgehead atoms. The number of hydrogen-bond donors (Lipinski definition) is 2. The SMILES string of the molecule is CC(NC(=NCC(=O)N(C)C)NC1CCCC1)c1ccc(Cl)cc1Cl.I. The molecule has 0 radical (unpaired) electrons. The van der Waals surface area contributed by atoms with Gasteiger partial charge in [0.25, 0.3) is 0 Å². The minimum Gasteiger partial charge on any atom is -0.354 e. The largest absolute Gasteiger partial charge is 0.354 e. The van der Waals surface area contributed by atoms with Crippen LogP contribution < -0.4 is 10.6 Å². The maximum atomic E-state index is 11.9. The molecular weight excluding hydrogens is 486 g/mol. The Morgan fingerprint density at radius 2 is 1.96 bits per heavy atom. The third kappa shape index (κ3) is 7.12. The summed E-state index contributed by atoms with van der Waals surface area (Å²) >= 11 is 12.3. The molecule has 1 aliphatic carbocycles. The molecule has 1 unspecified atom stereocenters.